The summed E-state index contributed by atoms with van der Waals surface area (Å²) < 4.78 is 5.25. The van der Waals surface area contributed by atoms with Gasteiger partial charge in [0.2, 0.25) is 0 Å². The first kappa shape index (κ1) is 19.0. The summed E-state index contributed by atoms with van der Waals surface area (Å²) in [7, 11) is 1.52. The van der Waals surface area contributed by atoms with Crippen LogP contribution in [0, 0.1) is 5.92 Å². The zero-order valence-electron chi connectivity index (χ0n) is 13.8. The largest absolute Gasteiger partial charge is 0.481 e. The molecular formula is C17H25NO5. The van der Waals surface area contributed by atoms with E-state index in [-0.39, 0.29) is 12.5 Å². The average molecular weight is 323 g/mol. The molecule has 0 heterocycles. The number of carbonyl (C=O) groups is 2. The highest BCUT2D eigenvalue weighted by molar-refractivity contribution is 5.69. The van der Waals surface area contributed by atoms with Gasteiger partial charge in [-0.25, -0.2) is 4.79 Å². The van der Waals surface area contributed by atoms with Crippen molar-refractivity contribution in [3.63, 3.8) is 0 Å². The van der Waals surface area contributed by atoms with Gasteiger partial charge in [-0.1, -0.05) is 50.6 Å². The van der Waals surface area contributed by atoms with Gasteiger partial charge >= 0.3 is 12.1 Å². The Kier molecular flexibility index (Phi) is 7.54. The molecule has 0 fully saturated rings. The second-order valence-electron chi connectivity index (χ2n) is 5.69. The number of ether oxygens (including phenoxy) is 1. The first-order chi connectivity index (χ1) is 10.9. The Bertz CT molecular complexity index is 505. The first-order valence-corrected chi connectivity index (χ1v) is 7.70. The van der Waals surface area contributed by atoms with Crippen molar-refractivity contribution in [2.45, 2.75) is 45.4 Å². The summed E-state index contributed by atoms with van der Waals surface area (Å²) in [6, 6.07) is 8.66. The lowest BCUT2D eigenvalue weighted by atomic mass is 9.91. The molecule has 0 spiro atoms. The van der Waals surface area contributed by atoms with E-state index in [4.69, 9.17) is 9.84 Å². The monoisotopic (exact) mass is 323 g/mol. The van der Waals surface area contributed by atoms with Crippen LogP contribution in [0.25, 0.3) is 0 Å². The Balaban J connectivity index is 2.72. The number of amides is 1. The minimum absolute atomic E-state index is 0.0568. The van der Waals surface area contributed by atoms with E-state index in [2.05, 4.69) is 0 Å². The molecule has 0 aromatic heterocycles. The molecule has 0 saturated carbocycles. The van der Waals surface area contributed by atoms with Gasteiger partial charge in [-0.3, -0.25) is 4.79 Å². The number of benzene rings is 1. The number of nitrogens with zero attached hydrogens (tertiary/aromatic N) is 1. The van der Waals surface area contributed by atoms with Gasteiger partial charge in [0.25, 0.3) is 0 Å². The summed E-state index contributed by atoms with van der Waals surface area (Å²) in [5.41, 5.74) is 0.862. The molecule has 0 aliphatic carbocycles. The van der Waals surface area contributed by atoms with Crippen LogP contribution in [0.1, 0.15) is 32.3 Å². The molecule has 3 atom stereocenters. The second-order valence-corrected chi connectivity index (χ2v) is 5.69. The predicted octanol–water partition coefficient (Wildman–Crippen LogP) is 2.51. The predicted molar refractivity (Wildman–Crippen MR) is 85.9 cm³/mol. The van der Waals surface area contributed by atoms with E-state index in [0.717, 1.165) is 5.56 Å². The van der Waals surface area contributed by atoms with E-state index in [9.17, 15) is 14.7 Å². The van der Waals surface area contributed by atoms with Crippen LogP contribution in [0.4, 0.5) is 4.79 Å². The lowest BCUT2D eigenvalue weighted by Crippen LogP contribution is -2.49. The van der Waals surface area contributed by atoms with Crippen molar-refractivity contribution in [2.75, 3.05) is 7.05 Å². The maximum atomic E-state index is 12.2. The van der Waals surface area contributed by atoms with Crippen molar-refractivity contribution in [2.24, 2.45) is 5.92 Å². The van der Waals surface area contributed by atoms with Crippen LogP contribution in [-0.2, 0) is 16.1 Å². The normalized spacial score (nSPS) is 14.6. The van der Waals surface area contributed by atoms with E-state index < -0.39 is 30.6 Å². The Morgan fingerprint density at radius 3 is 2.39 bits per heavy atom. The summed E-state index contributed by atoms with van der Waals surface area (Å²) >= 11 is 0. The van der Waals surface area contributed by atoms with Gasteiger partial charge in [0.05, 0.1) is 18.6 Å². The number of aliphatic carboxylic acids is 1. The molecule has 0 saturated heterocycles. The van der Waals surface area contributed by atoms with Crippen LogP contribution in [0.5, 0.6) is 0 Å². The van der Waals surface area contributed by atoms with Crippen LogP contribution >= 0.6 is 0 Å². The van der Waals surface area contributed by atoms with E-state index in [0.29, 0.717) is 6.42 Å². The smallest absolute Gasteiger partial charge is 0.410 e. The molecule has 0 radical (unpaired) electrons. The fraction of sp³-hybridized carbons (Fsp3) is 0.529. The number of rotatable bonds is 8. The van der Waals surface area contributed by atoms with E-state index >= 15 is 0 Å². The van der Waals surface area contributed by atoms with Gasteiger partial charge < -0.3 is 19.8 Å². The zero-order valence-corrected chi connectivity index (χ0v) is 13.8. The van der Waals surface area contributed by atoms with Crippen LogP contribution in [0.15, 0.2) is 30.3 Å². The minimum atomic E-state index is -1.14. The summed E-state index contributed by atoms with van der Waals surface area (Å²) in [6.07, 6.45) is -1.43. The van der Waals surface area contributed by atoms with Crippen molar-refractivity contribution in [3.05, 3.63) is 35.9 Å². The number of carboxylic acid groups (broad SMARTS) is 1. The third kappa shape index (κ3) is 5.90. The molecule has 0 aliphatic rings. The molecule has 1 aromatic carbocycles. The Hall–Kier alpha value is -2.08. The van der Waals surface area contributed by atoms with Crippen LogP contribution < -0.4 is 0 Å². The third-order valence-corrected chi connectivity index (χ3v) is 3.95. The SMILES string of the molecule is CC[C@H](C)[C@@H]([C@H](O)CC(=O)O)N(C)C(=O)OCc1ccccc1. The fourth-order valence-corrected chi connectivity index (χ4v) is 2.50. The summed E-state index contributed by atoms with van der Waals surface area (Å²) in [5.74, 6) is -1.16. The second kappa shape index (κ2) is 9.15. The van der Waals surface area contributed by atoms with Gasteiger partial charge in [-0.05, 0) is 11.5 Å². The maximum Gasteiger partial charge on any atom is 0.410 e. The molecule has 1 amide bonds. The third-order valence-electron chi connectivity index (χ3n) is 3.95. The number of aliphatic hydroxyl groups is 1. The van der Waals surface area contributed by atoms with Crippen molar-refractivity contribution in [1.82, 2.24) is 4.90 Å². The van der Waals surface area contributed by atoms with Gasteiger partial charge in [-0.15, -0.1) is 0 Å². The average Bonchev–Trinajstić information content (AvgIpc) is 2.52. The number of likely N-dealkylation sites (N-methyl/N-ethyl adjacent to an activating group) is 1. The lowest BCUT2D eigenvalue weighted by Gasteiger charge is -2.34. The number of carboxylic acids is 1. The molecule has 0 bridgehead atoms. The van der Waals surface area contributed by atoms with E-state index in [1.54, 1.807) is 0 Å². The highest BCUT2D eigenvalue weighted by Crippen LogP contribution is 2.20. The van der Waals surface area contributed by atoms with Crippen LogP contribution in [0.2, 0.25) is 0 Å². The summed E-state index contributed by atoms with van der Waals surface area (Å²) in [4.78, 5) is 24.3. The Labute approximate surface area is 136 Å². The molecular weight excluding hydrogens is 298 g/mol. The van der Waals surface area contributed by atoms with E-state index in [1.807, 2.05) is 44.2 Å². The molecule has 128 valence electrons. The standard InChI is InChI=1S/C17H25NO5/c1-4-12(2)16(14(19)10-15(20)21)18(3)17(22)23-11-13-8-6-5-7-9-13/h5-9,12,14,16,19H,4,10-11H2,1-3H3,(H,20,21)/t12-,14+,16-/m0/s1. The molecule has 0 aliphatic heterocycles. The van der Waals surface area contributed by atoms with Crippen molar-refractivity contribution >= 4 is 12.1 Å². The van der Waals surface area contributed by atoms with Gasteiger partial charge in [-0.2, -0.15) is 0 Å². The summed E-state index contributed by atoms with van der Waals surface area (Å²) in [6.45, 7) is 3.93. The number of aliphatic hydroxyl groups excluding tert-OH is 1. The van der Waals surface area contributed by atoms with Gasteiger partial charge in [0.15, 0.2) is 0 Å². The molecule has 1 aromatic rings. The van der Waals surface area contributed by atoms with Crippen LogP contribution in [-0.4, -0.2) is 46.4 Å². The fourth-order valence-electron chi connectivity index (χ4n) is 2.50. The van der Waals surface area contributed by atoms with Crippen molar-refractivity contribution < 1.29 is 24.5 Å². The Morgan fingerprint density at radius 2 is 1.87 bits per heavy atom. The van der Waals surface area contributed by atoms with Crippen molar-refractivity contribution in [1.29, 1.82) is 0 Å². The van der Waals surface area contributed by atoms with Crippen LogP contribution in [0.3, 0.4) is 0 Å². The summed E-state index contributed by atoms with van der Waals surface area (Å²) in [5, 5.41) is 19.0. The molecule has 6 heteroatoms. The van der Waals surface area contributed by atoms with E-state index in [1.165, 1.54) is 11.9 Å². The highest BCUT2D eigenvalue weighted by atomic mass is 16.6. The van der Waals surface area contributed by atoms with Gasteiger partial charge in [0, 0.05) is 7.05 Å². The topological polar surface area (TPSA) is 87.1 Å². The first-order valence-electron chi connectivity index (χ1n) is 7.70. The van der Waals surface area contributed by atoms with Gasteiger partial charge in [0.1, 0.15) is 6.61 Å². The maximum absolute atomic E-state index is 12.2. The Morgan fingerprint density at radius 1 is 1.26 bits per heavy atom. The number of hydrogen-bond donors (Lipinski definition) is 2. The molecule has 6 nitrogen and oxygen atoms in total. The van der Waals surface area contributed by atoms with Crippen molar-refractivity contribution in [3.8, 4) is 0 Å². The highest BCUT2D eigenvalue weighted by Gasteiger charge is 2.33. The minimum Gasteiger partial charge on any atom is -0.481 e. The molecule has 0 unspecified atom stereocenters. The lowest BCUT2D eigenvalue weighted by molar-refractivity contribution is -0.140. The molecule has 23 heavy (non-hydrogen) atoms. The molecule has 1 rings (SSSR count). The number of hydrogen-bond acceptors (Lipinski definition) is 4. The zero-order chi connectivity index (χ0) is 17.4. The molecule has 2 N–H and O–H groups in total. The quantitative estimate of drug-likeness (QED) is 0.767. The number of carbonyl (C=O) groups excluding carboxylic acids is 1.